The average molecular weight is 265 g/mol. The summed E-state index contributed by atoms with van der Waals surface area (Å²) in [4.78, 5) is 0. The fraction of sp³-hybridized carbons (Fsp3) is 0.625. The van der Waals surface area contributed by atoms with Crippen molar-refractivity contribution in [3.05, 3.63) is 35.4 Å². The Morgan fingerprint density at radius 1 is 1.26 bits per heavy atom. The Balaban J connectivity index is 1.81. The zero-order valence-electron chi connectivity index (χ0n) is 11.4. The molecular formula is C16H21F2N. The van der Waals surface area contributed by atoms with Gasteiger partial charge in [-0.05, 0) is 43.2 Å². The molecule has 0 amide bonds. The predicted molar refractivity (Wildman–Crippen MR) is 72.1 cm³/mol. The summed E-state index contributed by atoms with van der Waals surface area (Å²) < 4.78 is 27.1. The Bertz CT molecular complexity index is 462. The highest BCUT2D eigenvalue weighted by atomic mass is 19.1. The van der Waals surface area contributed by atoms with Crippen molar-refractivity contribution in [3.63, 3.8) is 0 Å². The molecule has 0 radical (unpaired) electrons. The van der Waals surface area contributed by atoms with Crippen LogP contribution in [0.1, 0.15) is 44.6 Å². The lowest BCUT2D eigenvalue weighted by Gasteiger charge is -2.48. The Morgan fingerprint density at radius 3 is 2.58 bits per heavy atom. The van der Waals surface area contributed by atoms with Crippen molar-refractivity contribution in [2.45, 2.75) is 50.5 Å². The molecule has 0 atom stereocenters. The molecule has 2 aliphatic rings. The Kier molecular flexibility index (Phi) is 3.34. The van der Waals surface area contributed by atoms with Gasteiger partial charge in [0.15, 0.2) is 0 Å². The number of nitrogens with one attached hydrogen (secondary N) is 1. The maximum absolute atomic E-state index is 14.1. The zero-order chi connectivity index (χ0) is 13.5. The third-order valence-corrected chi connectivity index (χ3v) is 4.75. The average Bonchev–Trinajstić information content (AvgIpc) is 3.13. The molecule has 2 aliphatic carbocycles. The Labute approximate surface area is 113 Å². The lowest BCUT2D eigenvalue weighted by atomic mass is 9.57. The molecule has 0 aliphatic heterocycles. The molecule has 1 N–H and O–H groups in total. The summed E-state index contributed by atoms with van der Waals surface area (Å²) in [5, 5.41) is 3.52. The van der Waals surface area contributed by atoms with Crippen LogP contribution in [0.5, 0.6) is 0 Å². The molecule has 1 aromatic carbocycles. The van der Waals surface area contributed by atoms with Gasteiger partial charge >= 0.3 is 0 Å². The van der Waals surface area contributed by atoms with Crippen LogP contribution in [0.4, 0.5) is 8.78 Å². The van der Waals surface area contributed by atoms with Crippen LogP contribution in [0.3, 0.4) is 0 Å². The van der Waals surface area contributed by atoms with E-state index in [9.17, 15) is 8.78 Å². The van der Waals surface area contributed by atoms with Gasteiger partial charge in [0.25, 0.3) is 0 Å². The summed E-state index contributed by atoms with van der Waals surface area (Å²) in [5.74, 6) is -0.185. The molecule has 1 nitrogen and oxygen atoms in total. The number of halogens is 2. The van der Waals surface area contributed by atoms with Crippen LogP contribution in [-0.4, -0.2) is 12.6 Å². The molecular weight excluding hydrogens is 244 g/mol. The standard InChI is InChI=1S/C16H21F2N/c1-2-11-8-16(9-11,10-19-13-4-5-13)14-6-3-12(17)7-15(14)18/h3,6-7,11,13,19H,2,4-5,8-10H2,1H3. The normalized spacial score (nSPS) is 30.2. The molecule has 3 heteroatoms. The molecule has 2 saturated carbocycles. The van der Waals surface area contributed by atoms with Crippen LogP contribution < -0.4 is 5.32 Å². The van der Waals surface area contributed by atoms with Crippen molar-refractivity contribution in [3.8, 4) is 0 Å². The summed E-state index contributed by atoms with van der Waals surface area (Å²) in [6.07, 6.45) is 5.66. The lowest BCUT2D eigenvalue weighted by Crippen LogP contribution is -2.49. The van der Waals surface area contributed by atoms with E-state index in [0.29, 0.717) is 17.5 Å². The van der Waals surface area contributed by atoms with E-state index < -0.39 is 5.82 Å². The van der Waals surface area contributed by atoms with Crippen LogP contribution in [0.15, 0.2) is 18.2 Å². The minimum Gasteiger partial charge on any atom is -0.313 e. The summed E-state index contributed by atoms with van der Waals surface area (Å²) in [6, 6.07) is 4.68. The van der Waals surface area contributed by atoms with Gasteiger partial charge in [-0.2, -0.15) is 0 Å². The monoisotopic (exact) mass is 265 g/mol. The highest BCUT2D eigenvalue weighted by Gasteiger charge is 2.46. The molecule has 0 bridgehead atoms. The summed E-state index contributed by atoms with van der Waals surface area (Å²) in [5.41, 5.74) is 0.591. The molecule has 1 aromatic rings. The van der Waals surface area contributed by atoms with Crippen molar-refractivity contribution < 1.29 is 8.78 Å². The SMILES string of the molecule is CCC1CC(CNC2CC2)(c2ccc(F)cc2F)C1. The second kappa shape index (κ2) is 4.86. The third-order valence-electron chi connectivity index (χ3n) is 4.75. The molecule has 0 heterocycles. The van der Waals surface area contributed by atoms with E-state index >= 15 is 0 Å². The molecule has 0 unspecified atom stereocenters. The van der Waals surface area contributed by atoms with Crippen LogP contribution in [-0.2, 0) is 5.41 Å². The van der Waals surface area contributed by atoms with Gasteiger partial charge in [0.05, 0.1) is 0 Å². The first-order chi connectivity index (χ1) is 9.13. The van der Waals surface area contributed by atoms with E-state index in [1.165, 1.54) is 18.9 Å². The third kappa shape index (κ3) is 2.53. The Morgan fingerprint density at radius 2 is 2.00 bits per heavy atom. The largest absolute Gasteiger partial charge is 0.313 e. The van der Waals surface area contributed by atoms with E-state index in [-0.39, 0.29) is 11.2 Å². The predicted octanol–water partition coefficient (Wildman–Crippen LogP) is 3.77. The number of hydrogen-bond acceptors (Lipinski definition) is 1. The number of benzene rings is 1. The van der Waals surface area contributed by atoms with E-state index in [2.05, 4.69) is 12.2 Å². The maximum atomic E-state index is 14.1. The van der Waals surface area contributed by atoms with Gasteiger partial charge in [-0.15, -0.1) is 0 Å². The van der Waals surface area contributed by atoms with Crippen LogP contribution >= 0.6 is 0 Å². The lowest BCUT2D eigenvalue weighted by molar-refractivity contribution is 0.129. The number of rotatable bonds is 5. The summed E-state index contributed by atoms with van der Waals surface area (Å²) in [6.45, 7) is 3.01. The van der Waals surface area contributed by atoms with Crippen LogP contribution in [0, 0.1) is 17.6 Å². The van der Waals surface area contributed by atoms with E-state index in [0.717, 1.165) is 31.9 Å². The van der Waals surface area contributed by atoms with Gasteiger partial charge in [0.1, 0.15) is 11.6 Å². The first kappa shape index (κ1) is 13.0. The highest BCUT2D eigenvalue weighted by Crippen LogP contribution is 2.49. The second-order valence-corrected chi connectivity index (χ2v) is 6.24. The quantitative estimate of drug-likeness (QED) is 0.854. The van der Waals surface area contributed by atoms with Gasteiger partial charge in [-0.3, -0.25) is 0 Å². The molecule has 19 heavy (non-hydrogen) atoms. The summed E-state index contributed by atoms with van der Waals surface area (Å²) in [7, 11) is 0. The topological polar surface area (TPSA) is 12.0 Å². The minimum atomic E-state index is -0.488. The Hall–Kier alpha value is -0.960. The smallest absolute Gasteiger partial charge is 0.129 e. The minimum absolute atomic E-state index is 0.110. The number of hydrogen-bond donors (Lipinski definition) is 1. The molecule has 3 rings (SSSR count). The molecule has 0 aromatic heterocycles. The first-order valence-electron chi connectivity index (χ1n) is 7.32. The van der Waals surface area contributed by atoms with E-state index in [4.69, 9.17) is 0 Å². The van der Waals surface area contributed by atoms with Crippen molar-refractivity contribution >= 4 is 0 Å². The fourth-order valence-corrected chi connectivity index (χ4v) is 3.34. The van der Waals surface area contributed by atoms with Crippen LogP contribution in [0.25, 0.3) is 0 Å². The van der Waals surface area contributed by atoms with Crippen LogP contribution in [0.2, 0.25) is 0 Å². The highest BCUT2D eigenvalue weighted by molar-refractivity contribution is 5.31. The van der Waals surface area contributed by atoms with Gasteiger partial charge in [0, 0.05) is 24.1 Å². The van der Waals surface area contributed by atoms with Gasteiger partial charge < -0.3 is 5.32 Å². The fourth-order valence-electron chi connectivity index (χ4n) is 3.34. The summed E-state index contributed by atoms with van der Waals surface area (Å²) >= 11 is 0. The van der Waals surface area contributed by atoms with Crippen molar-refractivity contribution in [2.24, 2.45) is 5.92 Å². The second-order valence-electron chi connectivity index (χ2n) is 6.24. The van der Waals surface area contributed by atoms with Gasteiger partial charge in [-0.25, -0.2) is 8.78 Å². The molecule has 0 saturated heterocycles. The zero-order valence-corrected chi connectivity index (χ0v) is 11.4. The van der Waals surface area contributed by atoms with Gasteiger partial charge in [-0.1, -0.05) is 19.4 Å². The molecule has 0 spiro atoms. The van der Waals surface area contributed by atoms with Gasteiger partial charge in [0.2, 0.25) is 0 Å². The first-order valence-corrected chi connectivity index (χ1v) is 7.32. The van der Waals surface area contributed by atoms with E-state index in [1.54, 1.807) is 6.07 Å². The van der Waals surface area contributed by atoms with Crippen molar-refractivity contribution in [1.82, 2.24) is 5.32 Å². The molecule has 104 valence electrons. The molecule has 2 fully saturated rings. The van der Waals surface area contributed by atoms with Crippen molar-refractivity contribution in [2.75, 3.05) is 6.54 Å². The van der Waals surface area contributed by atoms with E-state index in [1.807, 2.05) is 0 Å². The van der Waals surface area contributed by atoms with Crippen molar-refractivity contribution in [1.29, 1.82) is 0 Å². The maximum Gasteiger partial charge on any atom is 0.129 e.